The first-order chi connectivity index (χ1) is 12.5. The van der Waals surface area contributed by atoms with Crippen molar-refractivity contribution in [3.63, 3.8) is 0 Å². The van der Waals surface area contributed by atoms with Gasteiger partial charge in [0.1, 0.15) is 5.75 Å². The lowest BCUT2D eigenvalue weighted by atomic mass is 10.1. The first-order valence-corrected chi connectivity index (χ1v) is 9.34. The molecule has 6 nitrogen and oxygen atoms in total. The van der Waals surface area contributed by atoms with Crippen LogP contribution >= 0.6 is 22.6 Å². The fraction of sp³-hybridized carbons (Fsp3) is 0.263. The van der Waals surface area contributed by atoms with Crippen molar-refractivity contribution in [1.82, 2.24) is 10.1 Å². The van der Waals surface area contributed by atoms with Crippen molar-refractivity contribution >= 4 is 22.6 Å². The molecule has 0 bridgehead atoms. The number of benzene rings is 2. The van der Waals surface area contributed by atoms with Gasteiger partial charge < -0.3 is 19.1 Å². The van der Waals surface area contributed by atoms with Gasteiger partial charge in [0.25, 0.3) is 5.89 Å². The van der Waals surface area contributed by atoms with Gasteiger partial charge in [-0.25, -0.2) is 0 Å². The van der Waals surface area contributed by atoms with Crippen molar-refractivity contribution in [1.29, 1.82) is 0 Å². The number of aryl methyl sites for hydroxylation is 1. The summed E-state index contributed by atoms with van der Waals surface area (Å²) in [6.45, 7) is 6.77. The first-order valence-electron chi connectivity index (χ1n) is 8.26. The van der Waals surface area contributed by atoms with Gasteiger partial charge in [-0.2, -0.15) is 4.98 Å². The quantitative estimate of drug-likeness (QED) is 0.525. The molecule has 0 saturated heterocycles. The van der Waals surface area contributed by atoms with E-state index in [9.17, 15) is 5.11 Å². The Labute approximate surface area is 165 Å². The van der Waals surface area contributed by atoms with E-state index in [0.29, 0.717) is 36.4 Å². The van der Waals surface area contributed by atoms with Gasteiger partial charge in [0, 0.05) is 11.1 Å². The normalized spacial score (nSPS) is 10.8. The third-order valence-corrected chi connectivity index (χ3v) is 4.55. The number of aromatic hydroxyl groups is 1. The molecule has 0 atom stereocenters. The molecule has 0 fully saturated rings. The van der Waals surface area contributed by atoms with Crippen molar-refractivity contribution in [3.8, 4) is 40.1 Å². The van der Waals surface area contributed by atoms with Gasteiger partial charge in [-0.3, -0.25) is 0 Å². The second-order valence-electron chi connectivity index (χ2n) is 5.57. The minimum Gasteiger partial charge on any atom is -0.507 e. The molecular formula is C19H19IN2O4. The highest BCUT2D eigenvalue weighted by Gasteiger charge is 2.15. The summed E-state index contributed by atoms with van der Waals surface area (Å²) in [4.78, 5) is 4.48. The predicted molar refractivity (Wildman–Crippen MR) is 107 cm³/mol. The van der Waals surface area contributed by atoms with Crippen LogP contribution in [0.4, 0.5) is 0 Å². The summed E-state index contributed by atoms with van der Waals surface area (Å²) in [5.41, 5.74) is 2.30. The molecule has 1 aromatic heterocycles. The number of hydrogen-bond acceptors (Lipinski definition) is 6. The fourth-order valence-electron chi connectivity index (χ4n) is 2.51. The highest BCUT2D eigenvalue weighted by atomic mass is 127. The Hall–Kier alpha value is -2.29. The number of phenolic OH excluding ortho intramolecular Hbond substituents is 1. The van der Waals surface area contributed by atoms with Gasteiger partial charge in [-0.15, -0.1) is 0 Å². The molecular weight excluding hydrogens is 447 g/mol. The Bertz CT molecular complexity index is 901. The molecule has 3 rings (SSSR count). The molecule has 1 N–H and O–H groups in total. The van der Waals surface area contributed by atoms with E-state index in [0.717, 1.165) is 20.3 Å². The Morgan fingerprint density at radius 3 is 2.46 bits per heavy atom. The van der Waals surface area contributed by atoms with Crippen LogP contribution in [0.3, 0.4) is 0 Å². The van der Waals surface area contributed by atoms with Gasteiger partial charge in [0.2, 0.25) is 5.82 Å². The summed E-state index contributed by atoms with van der Waals surface area (Å²) in [5.74, 6) is 2.45. The number of ether oxygens (including phenoxy) is 2. The highest BCUT2D eigenvalue weighted by molar-refractivity contribution is 14.1. The van der Waals surface area contributed by atoms with E-state index in [1.54, 1.807) is 0 Å². The summed E-state index contributed by atoms with van der Waals surface area (Å²) in [6.07, 6.45) is 0. The lowest BCUT2D eigenvalue weighted by molar-refractivity contribution is 0.288. The van der Waals surface area contributed by atoms with Crippen LogP contribution in [-0.4, -0.2) is 28.5 Å². The minimum absolute atomic E-state index is 0.269. The third-order valence-electron chi connectivity index (χ3n) is 3.73. The van der Waals surface area contributed by atoms with Crippen molar-refractivity contribution in [3.05, 3.63) is 39.5 Å². The van der Waals surface area contributed by atoms with Crippen LogP contribution in [0.15, 0.2) is 34.9 Å². The van der Waals surface area contributed by atoms with E-state index in [4.69, 9.17) is 14.0 Å². The Morgan fingerprint density at radius 1 is 1.04 bits per heavy atom. The van der Waals surface area contributed by atoms with E-state index in [1.807, 2.05) is 51.1 Å². The van der Waals surface area contributed by atoms with Crippen LogP contribution in [0.5, 0.6) is 17.2 Å². The average Bonchev–Trinajstić information content (AvgIpc) is 3.11. The van der Waals surface area contributed by atoms with Gasteiger partial charge in [0.05, 0.1) is 16.8 Å². The molecule has 0 radical (unpaired) electrons. The van der Waals surface area contributed by atoms with E-state index >= 15 is 0 Å². The molecule has 3 aromatic rings. The number of rotatable bonds is 6. The molecule has 7 heteroatoms. The van der Waals surface area contributed by atoms with E-state index in [1.165, 1.54) is 0 Å². The number of halogens is 1. The van der Waals surface area contributed by atoms with Crippen molar-refractivity contribution in [2.75, 3.05) is 13.2 Å². The smallest absolute Gasteiger partial charge is 0.258 e. The van der Waals surface area contributed by atoms with E-state index < -0.39 is 0 Å². The maximum atomic E-state index is 9.91. The van der Waals surface area contributed by atoms with Gasteiger partial charge >= 0.3 is 0 Å². The molecule has 0 unspecified atom stereocenters. The number of nitrogens with zero attached hydrogens (tertiary/aromatic N) is 2. The van der Waals surface area contributed by atoms with Crippen LogP contribution in [0.25, 0.3) is 22.8 Å². The minimum atomic E-state index is 0.269. The largest absolute Gasteiger partial charge is 0.507 e. The number of hydrogen-bond donors (Lipinski definition) is 1. The molecule has 0 saturated carbocycles. The molecule has 0 aliphatic heterocycles. The highest BCUT2D eigenvalue weighted by Crippen LogP contribution is 2.34. The first kappa shape index (κ1) is 18.5. The molecule has 26 heavy (non-hydrogen) atoms. The van der Waals surface area contributed by atoms with Crippen LogP contribution in [0, 0.1) is 10.5 Å². The second-order valence-corrected chi connectivity index (χ2v) is 6.74. The lowest BCUT2D eigenvalue weighted by Crippen LogP contribution is -1.98. The molecule has 0 spiro atoms. The van der Waals surface area contributed by atoms with Crippen LogP contribution in [-0.2, 0) is 0 Å². The Balaban J connectivity index is 1.96. The standard InChI is InChI=1S/C19H19IN2O4/c1-4-24-15-7-6-12(10-16(15)25-5-2)19-21-18(22-26-19)13-8-11(3)17(23)14(20)9-13/h6-10,23H,4-5H2,1-3H3. The van der Waals surface area contributed by atoms with Crippen LogP contribution in [0.1, 0.15) is 19.4 Å². The molecule has 1 heterocycles. The zero-order valence-electron chi connectivity index (χ0n) is 14.7. The molecule has 0 aliphatic carbocycles. The summed E-state index contributed by atoms with van der Waals surface area (Å²) >= 11 is 2.08. The van der Waals surface area contributed by atoms with Crippen molar-refractivity contribution in [2.45, 2.75) is 20.8 Å². The summed E-state index contributed by atoms with van der Waals surface area (Å²) in [5, 5.41) is 14.0. The molecule has 136 valence electrons. The maximum absolute atomic E-state index is 9.91. The van der Waals surface area contributed by atoms with Crippen molar-refractivity contribution < 1.29 is 19.1 Å². The van der Waals surface area contributed by atoms with Gasteiger partial charge in [-0.1, -0.05) is 5.16 Å². The fourth-order valence-corrected chi connectivity index (χ4v) is 3.27. The Morgan fingerprint density at radius 2 is 1.77 bits per heavy atom. The second kappa shape index (κ2) is 7.94. The van der Waals surface area contributed by atoms with Gasteiger partial charge in [0.15, 0.2) is 11.5 Å². The topological polar surface area (TPSA) is 77.6 Å². The van der Waals surface area contributed by atoms with E-state index in [2.05, 4.69) is 32.7 Å². The molecule has 0 aliphatic rings. The zero-order chi connectivity index (χ0) is 18.7. The zero-order valence-corrected chi connectivity index (χ0v) is 16.9. The number of phenols is 1. The SMILES string of the molecule is CCOc1ccc(-c2nc(-c3cc(C)c(O)c(I)c3)no2)cc1OCC. The van der Waals surface area contributed by atoms with Crippen LogP contribution < -0.4 is 9.47 Å². The molecule has 2 aromatic carbocycles. The average molecular weight is 466 g/mol. The maximum Gasteiger partial charge on any atom is 0.258 e. The van der Waals surface area contributed by atoms with Gasteiger partial charge in [-0.05, 0) is 79.3 Å². The number of aromatic nitrogens is 2. The summed E-state index contributed by atoms with van der Waals surface area (Å²) in [7, 11) is 0. The molecule has 0 amide bonds. The monoisotopic (exact) mass is 466 g/mol. The summed E-state index contributed by atoms with van der Waals surface area (Å²) in [6, 6.07) is 9.17. The van der Waals surface area contributed by atoms with Crippen molar-refractivity contribution in [2.24, 2.45) is 0 Å². The third kappa shape index (κ3) is 3.77. The Kier molecular flexibility index (Phi) is 5.65. The lowest BCUT2D eigenvalue weighted by Gasteiger charge is -2.11. The predicted octanol–water partition coefficient (Wildman–Crippen LogP) is 4.82. The summed E-state index contributed by atoms with van der Waals surface area (Å²) < 4.78 is 17.4. The van der Waals surface area contributed by atoms with Crippen LogP contribution in [0.2, 0.25) is 0 Å². The van der Waals surface area contributed by atoms with E-state index in [-0.39, 0.29) is 5.75 Å².